The molecule has 0 atom stereocenters. The average Bonchev–Trinajstić information content (AvgIpc) is 2.61. The van der Waals surface area contributed by atoms with E-state index >= 15 is 0 Å². The molecule has 3 nitrogen and oxygen atoms in total. The molecule has 2 N–H and O–H groups in total. The Bertz CT molecular complexity index is 1010. The fourth-order valence-corrected chi connectivity index (χ4v) is 3.05. The number of fused-ring (bicyclic) bond motifs is 2. The molecule has 0 aliphatic carbocycles. The van der Waals surface area contributed by atoms with Crippen molar-refractivity contribution in [3.8, 4) is 22.6 Å². The van der Waals surface area contributed by atoms with Crippen LogP contribution in [0.5, 0.6) is 11.5 Å². The molecule has 4 heteroatoms. The Labute approximate surface area is 172 Å². The summed E-state index contributed by atoms with van der Waals surface area (Å²) in [5, 5.41) is 24.8. The summed E-state index contributed by atoms with van der Waals surface area (Å²) < 4.78 is 1.00. The highest BCUT2D eigenvalue weighted by Crippen LogP contribution is 2.44. The molecule has 0 bridgehead atoms. The molecule has 146 valence electrons. The second-order valence-corrected chi connectivity index (χ2v) is 8.04. The lowest BCUT2D eigenvalue weighted by molar-refractivity contribution is -0.849. The number of halogens is 1. The molecule has 0 heterocycles. The maximum atomic E-state index is 10.4. The van der Waals surface area contributed by atoms with Crippen molar-refractivity contribution in [1.82, 2.24) is 0 Å². The monoisotopic (exact) mass is 395 g/mol. The first kappa shape index (κ1) is 21.5. The Balaban J connectivity index is 0.000000420. The molecule has 0 aromatic heterocycles. The first-order valence-corrected chi connectivity index (χ1v) is 8.96. The van der Waals surface area contributed by atoms with E-state index in [0.717, 1.165) is 26.0 Å². The van der Waals surface area contributed by atoms with E-state index in [1.165, 1.54) is 0 Å². The number of rotatable bonds is 1. The van der Waals surface area contributed by atoms with Crippen LogP contribution in [0, 0.1) is 0 Å². The standard InChI is InChI=1S/C20H14O2.C4H12N.ClH/c21-17-11-9-13-5-1-3-7-15(13)19(17)20-16-8-4-2-6-14(16)10-12-18(20)22;1-5(2,3)4;/h1-12,21-22H;1-4H3;1H/q;+1;/p-1. The third-order valence-corrected chi connectivity index (χ3v) is 4.06. The van der Waals surface area contributed by atoms with Gasteiger partial charge < -0.3 is 27.1 Å². The molecule has 4 aromatic carbocycles. The lowest BCUT2D eigenvalue weighted by Crippen LogP contribution is -3.00. The number of nitrogens with zero attached hydrogens (tertiary/aromatic N) is 1. The molecule has 28 heavy (non-hydrogen) atoms. The molecular weight excluding hydrogens is 370 g/mol. The van der Waals surface area contributed by atoms with E-state index in [1.54, 1.807) is 12.1 Å². The molecule has 0 saturated carbocycles. The molecule has 0 aliphatic heterocycles. The molecule has 0 saturated heterocycles. The maximum Gasteiger partial charge on any atom is 0.124 e. The zero-order chi connectivity index (χ0) is 19.6. The Kier molecular flexibility index (Phi) is 6.55. The van der Waals surface area contributed by atoms with Gasteiger partial charge >= 0.3 is 0 Å². The third-order valence-electron chi connectivity index (χ3n) is 4.06. The number of phenols is 2. The van der Waals surface area contributed by atoms with Gasteiger partial charge in [0.1, 0.15) is 11.5 Å². The lowest BCUT2D eigenvalue weighted by Gasteiger charge is -2.14. The molecule has 0 radical (unpaired) electrons. The smallest absolute Gasteiger partial charge is 0.124 e. The van der Waals surface area contributed by atoms with Gasteiger partial charge in [-0.05, 0) is 33.7 Å². The zero-order valence-electron chi connectivity index (χ0n) is 16.6. The fourth-order valence-electron chi connectivity index (χ4n) is 3.05. The number of benzene rings is 4. The van der Waals surface area contributed by atoms with Gasteiger partial charge in [-0.3, -0.25) is 0 Å². The topological polar surface area (TPSA) is 40.5 Å². The van der Waals surface area contributed by atoms with Gasteiger partial charge in [-0.25, -0.2) is 0 Å². The Hall–Kier alpha value is -2.75. The van der Waals surface area contributed by atoms with Crippen molar-refractivity contribution in [1.29, 1.82) is 0 Å². The summed E-state index contributed by atoms with van der Waals surface area (Å²) in [6, 6.07) is 22.9. The van der Waals surface area contributed by atoms with E-state index in [-0.39, 0.29) is 23.9 Å². The minimum absolute atomic E-state index is 0. The number of hydrogen-bond donors (Lipinski definition) is 2. The second-order valence-electron chi connectivity index (χ2n) is 8.04. The van der Waals surface area contributed by atoms with Gasteiger partial charge in [0.15, 0.2) is 0 Å². The molecule has 0 fully saturated rings. The highest BCUT2D eigenvalue weighted by Gasteiger charge is 2.16. The van der Waals surface area contributed by atoms with Crippen LogP contribution in [-0.2, 0) is 0 Å². The third kappa shape index (κ3) is 4.75. The van der Waals surface area contributed by atoms with Gasteiger partial charge in [0.2, 0.25) is 0 Å². The number of quaternary nitrogens is 1. The van der Waals surface area contributed by atoms with Gasteiger partial charge in [-0.1, -0.05) is 60.7 Å². The first-order chi connectivity index (χ1) is 12.8. The predicted octanol–water partition coefficient (Wildman–Crippen LogP) is 2.40. The minimum Gasteiger partial charge on any atom is -1.00 e. The summed E-state index contributed by atoms with van der Waals surface area (Å²) >= 11 is 0. The van der Waals surface area contributed by atoms with Crippen molar-refractivity contribution >= 4 is 21.5 Å². The van der Waals surface area contributed by atoms with E-state index in [0.29, 0.717) is 11.1 Å². The van der Waals surface area contributed by atoms with Crippen molar-refractivity contribution in [2.75, 3.05) is 28.2 Å². The second kappa shape index (κ2) is 8.51. The molecule has 4 aromatic rings. The van der Waals surface area contributed by atoms with Crippen LogP contribution in [0.1, 0.15) is 0 Å². The average molecular weight is 396 g/mol. The molecule has 0 aliphatic rings. The number of phenolic OH excluding ortho intramolecular Hbond substituents is 2. The number of aromatic hydroxyl groups is 2. The molecule has 4 rings (SSSR count). The quantitative estimate of drug-likeness (QED) is 0.486. The zero-order valence-corrected chi connectivity index (χ0v) is 17.4. The predicted molar refractivity (Wildman–Crippen MR) is 114 cm³/mol. The van der Waals surface area contributed by atoms with Crippen LogP contribution in [0.15, 0.2) is 72.8 Å². The van der Waals surface area contributed by atoms with Crippen LogP contribution in [0.3, 0.4) is 0 Å². The maximum absolute atomic E-state index is 10.4. The normalized spacial score (nSPS) is 10.9. The Morgan fingerprint density at radius 1 is 0.536 bits per heavy atom. The first-order valence-electron chi connectivity index (χ1n) is 8.96. The minimum atomic E-state index is 0. The van der Waals surface area contributed by atoms with Crippen molar-refractivity contribution in [3.63, 3.8) is 0 Å². The van der Waals surface area contributed by atoms with Crippen molar-refractivity contribution in [3.05, 3.63) is 72.8 Å². The van der Waals surface area contributed by atoms with Crippen molar-refractivity contribution in [2.45, 2.75) is 0 Å². The summed E-state index contributed by atoms with van der Waals surface area (Å²) in [6.07, 6.45) is 0. The van der Waals surface area contributed by atoms with Crippen LogP contribution < -0.4 is 12.4 Å². The Morgan fingerprint density at radius 3 is 1.21 bits per heavy atom. The van der Waals surface area contributed by atoms with E-state index in [1.807, 2.05) is 60.7 Å². The summed E-state index contributed by atoms with van der Waals surface area (Å²) in [6.45, 7) is 0. The van der Waals surface area contributed by atoms with Crippen LogP contribution in [0.25, 0.3) is 32.7 Å². The molecular formula is C24H26ClNO2. The van der Waals surface area contributed by atoms with Gasteiger partial charge in [0.25, 0.3) is 0 Å². The summed E-state index contributed by atoms with van der Waals surface area (Å²) in [4.78, 5) is 0. The van der Waals surface area contributed by atoms with E-state index < -0.39 is 0 Å². The van der Waals surface area contributed by atoms with Crippen LogP contribution in [-0.4, -0.2) is 42.9 Å². The number of hydrogen-bond acceptors (Lipinski definition) is 2. The van der Waals surface area contributed by atoms with Gasteiger partial charge in [-0.15, -0.1) is 0 Å². The lowest BCUT2D eigenvalue weighted by atomic mass is 9.92. The van der Waals surface area contributed by atoms with Crippen LogP contribution >= 0.6 is 0 Å². The summed E-state index contributed by atoms with van der Waals surface area (Å²) in [5.41, 5.74) is 1.35. The van der Waals surface area contributed by atoms with Crippen LogP contribution in [0.4, 0.5) is 0 Å². The van der Waals surface area contributed by atoms with E-state index in [4.69, 9.17) is 0 Å². The van der Waals surface area contributed by atoms with Crippen molar-refractivity contribution < 1.29 is 27.1 Å². The van der Waals surface area contributed by atoms with Gasteiger partial charge in [0, 0.05) is 11.1 Å². The highest BCUT2D eigenvalue weighted by molar-refractivity contribution is 6.09. The molecule has 0 spiro atoms. The van der Waals surface area contributed by atoms with Gasteiger partial charge in [0.05, 0.1) is 28.2 Å². The molecule has 0 amide bonds. The molecule has 0 unspecified atom stereocenters. The summed E-state index contributed by atoms with van der Waals surface area (Å²) in [5.74, 6) is 0.343. The SMILES string of the molecule is C[N+](C)(C)C.Oc1ccc2ccccc2c1-c1c(O)ccc2ccccc12.[Cl-]. The van der Waals surface area contributed by atoms with E-state index in [9.17, 15) is 10.2 Å². The van der Waals surface area contributed by atoms with Crippen LogP contribution in [0.2, 0.25) is 0 Å². The van der Waals surface area contributed by atoms with Gasteiger partial charge in [-0.2, -0.15) is 0 Å². The van der Waals surface area contributed by atoms with E-state index in [2.05, 4.69) is 28.2 Å². The summed E-state index contributed by atoms with van der Waals surface area (Å²) in [7, 11) is 8.50. The highest BCUT2D eigenvalue weighted by atomic mass is 35.5. The largest absolute Gasteiger partial charge is 1.00 e. The fraction of sp³-hybridized carbons (Fsp3) is 0.167. The Morgan fingerprint density at radius 2 is 0.857 bits per heavy atom. The van der Waals surface area contributed by atoms with Crippen molar-refractivity contribution in [2.24, 2.45) is 0 Å².